The Balaban J connectivity index is 1.91. The number of allylic oxidation sites excluding steroid dienone is 1. The summed E-state index contributed by atoms with van der Waals surface area (Å²) in [7, 11) is 0. The number of thiazole rings is 1. The Kier molecular flexibility index (Phi) is 7.51. The van der Waals surface area contributed by atoms with Gasteiger partial charge in [-0.15, -0.1) is 0 Å². The summed E-state index contributed by atoms with van der Waals surface area (Å²) in [4.78, 5) is 31.9. The van der Waals surface area contributed by atoms with Gasteiger partial charge in [0.25, 0.3) is 5.56 Å². The monoisotopic (exact) mass is 501 g/mol. The molecule has 0 spiro atoms. The predicted octanol–water partition coefficient (Wildman–Crippen LogP) is 3.82. The first kappa shape index (κ1) is 25.1. The van der Waals surface area contributed by atoms with Gasteiger partial charge in [-0.25, -0.2) is 9.79 Å². The lowest BCUT2D eigenvalue weighted by Gasteiger charge is -2.25. The van der Waals surface area contributed by atoms with Crippen LogP contribution in [-0.4, -0.2) is 23.8 Å². The molecule has 1 aromatic heterocycles. The summed E-state index contributed by atoms with van der Waals surface area (Å²) >= 11 is 1.25. The maximum Gasteiger partial charge on any atom is 0.338 e. The number of fused-ring (bicyclic) bond motifs is 1. The van der Waals surface area contributed by atoms with Gasteiger partial charge in [-0.2, -0.15) is 5.26 Å². The largest absolute Gasteiger partial charge is 0.478 e. The van der Waals surface area contributed by atoms with Crippen molar-refractivity contribution in [3.05, 3.63) is 96.2 Å². The summed E-state index contributed by atoms with van der Waals surface area (Å²) in [6.07, 6.45) is 1.73. The normalized spacial score (nSPS) is 15.3. The van der Waals surface area contributed by atoms with Gasteiger partial charge in [0.2, 0.25) is 0 Å². The van der Waals surface area contributed by atoms with Crippen LogP contribution in [0.4, 0.5) is 0 Å². The van der Waals surface area contributed by atoms with E-state index in [4.69, 9.17) is 14.7 Å². The van der Waals surface area contributed by atoms with Crippen molar-refractivity contribution in [3.63, 3.8) is 0 Å². The molecule has 1 aliphatic rings. The zero-order chi connectivity index (χ0) is 25.8. The van der Waals surface area contributed by atoms with E-state index in [2.05, 4.69) is 18.8 Å². The number of carbonyl (C=O) groups is 1. The topological polar surface area (TPSA) is 93.7 Å². The second-order valence-electron chi connectivity index (χ2n) is 8.61. The number of nitrogens with zero attached hydrogens (tertiary/aromatic N) is 3. The van der Waals surface area contributed by atoms with E-state index in [0.717, 1.165) is 5.56 Å². The zero-order valence-electron chi connectivity index (χ0n) is 20.6. The molecule has 0 N–H and O–H groups in total. The number of esters is 1. The zero-order valence-corrected chi connectivity index (χ0v) is 21.5. The third kappa shape index (κ3) is 4.88. The van der Waals surface area contributed by atoms with Gasteiger partial charge < -0.3 is 9.47 Å². The van der Waals surface area contributed by atoms with Crippen LogP contribution in [0.2, 0.25) is 0 Å². The number of ether oxygens (including phenoxy) is 2. The fraction of sp³-hybridized carbons (Fsp3) is 0.286. The van der Waals surface area contributed by atoms with Gasteiger partial charge >= 0.3 is 5.97 Å². The van der Waals surface area contributed by atoms with Crippen LogP contribution >= 0.6 is 11.3 Å². The fourth-order valence-electron chi connectivity index (χ4n) is 4.15. The minimum absolute atomic E-state index is 0.0967. The quantitative estimate of drug-likeness (QED) is 0.459. The lowest BCUT2D eigenvalue weighted by Crippen LogP contribution is -2.39. The van der Waals surface area contributed by atoms with Gasteiger partial charge in [0.05, 0.1) is 28.5 Å². The van der Waals surface area contributed by atoms with Crippen molar-refractivity contribution in [2.24, 2.45) is 4.99 Å². The average molecular weight is 502 g/mol. The standard InChI is InChI=1S/C28H27N3O4S/c1-5-34-27(33)24-18(4)30-28-31(25(24)20-12-10-19(11-13-20)17(2)3)26(32)23(36-28)16-21-8-6-7-9-22(21)35-15-14-29/h6-13,16-17,25H,5,15H2,1-4H3/b23-16-/t25-/m1/s1. The van der Waals surface area contributed by atoms with E-state index < -0.39 is 12.0 Å². The molecule has 0 unspecified atom stereocenters. The number of carbonyl (C=O) groups excluding carboxylic acids is 1. The highest BCUT2D eigenvalue weighted by Gasteiger charge is 2.33. The van der Waals surface area contributed by atoms with Crippen molar-refractivity contribution in [2.75, 3.05) is 13.2 Å². The molecule has 7 nitrogen and oxygen atoms in total. The highest BCUT2D eigenvalue weighted by atomic mass is 32.1. The number of aromatic nitrogens is 1. The van der Waals surface area contributed by atoms with Crippen LogP contribution in [0.1, 0.15) is 56.3 Å². The third-order valence-electron chi connectivity index (χ3n) is 5.93. The second-order valence-corrected chi connectivity index (χ2v) is 9.62. The van der Waals surface area contributed by atoms with Crippen LogP contribution < -0.4 is 19.6 Å². The van der Waals surface area contributed by atoms with Gasteiger partial charge in [-0.1, -0.05) is 67.6 Å². The van der Waals surface area contributed by atoms with Crippen LogP contribution in [0.3, 0.4) is 0 Å². The van der Waals surface area contributed by atoms with Crippen molar-refractivity contribution in [1.82, 2.24) is 4.57 Å². The first-order valence-corrected chi connectivity index (χ1v) is 12.6. The smallest absolute Gasteiger partial charge is 0.338 e. The molecule has 4 rings (SSSR count). The molecular formula is C28H27N3O4S. The minimum Gasteiger partial charge on any atom is -0.478 e. The second kappa shape index (κ2) is 10.8. The van der Waals surface area contributed by atoms with Gasteiger partial charge in [0.1, 0.15) is 11.8 Å². The maximum atomic E-state index is 13.7. The predicted molar refractivity (Wildman–Crippen MR) is 138 cm³/mol. The first-order chi connectivity index (χ1) is 17.3. The van der Waals surface area contributed by atoms with E-state index in [1.54, 1.807) is 36.6 Å². The number of benzene rings is 2. The Morgan fingerprint density at radius 1 is 1.22 bits per heavy atom. The Labute approximate surface area is 213 Å². The van der Waals surface area contributed by atoms with Crippen LogP contribution in [0.25, 0.3) is 6.08 Å². The van der Waals surface area contributed by atoms with Crippen molar-refractivity contribution in [2.45, 2.75) is 39.7 Å². The Morgan fingerprint density at radius 3 is 2.61 bits per heavy atom. The van der Waals surface area contributed by atoms with Gasteiger partial charge in [-0.3, -0.25) is 9.36 Å². The molecular weight excluding hydrogens is 474 g/mol. The molecule has 36 heavy (non-hydrogen) atoms. The number of hydrogen-bond donors (Lipinski definition) is 0. The Morgan fingerprint density at radius 2 is 1.94 bits per heavy atom. The molecule has 8 heteroatoms. The molecule has 184 valence electrons. The van der Waals surface area contributed by atoms with Crippen molar-refractivity contribution < 1.29 is 14.3 Å². The van der Waals surface area contributed by atoms with Gasteiger partial charge in [0, 0.05) is 5.56 Å². The number of nitriles is 1. The molecule has 2 aromatic carbocycles. The van der Waals surface area contributed by atoms with E-state index in [1.165, 1.54) is 16.9 Å². The molecule has 0 radical (unpaired) electrons. The summed E-state index contributed by atoms with van der Waals surface area (Å²) in [5.74, 6) is 0.376. The summed E-state index contributed by atoms with van der Waals surface area (Å²) in [6.45, 7) is 7.87. The molecule has 0 amide bonds. The third-order valence-corrected chi connectivity index (χ3v) is 6.92. The van der Waals surface area contributed by atoms with Crippen LogP contribution in [-0.2, 0) is 9.53 Å². The van der Waals surface area contributed by atoms with E-state index in [9.17, 15) is 9.59 Å². The highest BCUT2D eigenvalue weighted by Crippen LogP contribution is 2.31. The van der Waals surface area contributed by atoms with E-state index in [-0.39, 0.29) is 18.8 Å². The summed E-state index contributed by atoms with van der Waals surface area (Å²) < 4.78 is 12.9. The molecule has 1 aliphatic heterocycles. The molecule has 0 saturated carbocycles. The van der Waals surface area contributed by atoms with Crippen LogP contribution in [0.15, 0.2) is 69.6 Å². The van der Waals surface area contributed by atoms with Crippen LogP contribution in [0, 0.1) is 11.3 Å². The lowest BCUT2D eigenvalue weighted by molar-refractivity contribution is -0.139. The maximum absolute atomic E-state index is 13.7. The molecule has 2 heterocycles. The molecule has 3 aromatic rings. The molecule has 0 fully saturated rings. The van der Waals surface area contributed by atoms with Crippen molar-refractivity contribution in [1.29, 1.82) is 5.26 Å². The Hall–Kier alpha value is -3.96. The van der Waals surface area contributed by atoms with Gasteiger partial charge in [-0.05, 0) is 43.0 Å². The van der Waals surface area contributed by atoms with Crippen molar-refractivity contribution in [3.8, 4) is 11.8 Å². The van der Waals surface area contributed by atoms with E-state index in [0.29, 0.717) is 37.8 Å². The molecule has 0 aliphatic carbocycles. The molecule has 0 saturated heterocycles. The average Bonchev–Trinajstić information content (AvgIpc) is 3.17. The minimum atomic E-state index is -0.659. The summed E-state index contributed by atoms with van der Waals surface area (Å²) in [5.41, 5.74) is 3.27. The highest BCUT2D eigenvalue weighted by molar-refractivity contribution is 7.07. The SMILES string of the molecule is CCOC(=O)C1=C(C)N=c2s/c(=C\c3ccccc3OCC#N)c(=O)n2[C@@H]1c1ccc(C(C)C)cc1. The number of para-hydroxylation sites is 1. The summed E-state index contributed by atoms with van der Waals surface area (Å²) in [5, 5.41) is 8.89. The lowest BCUT2D eigenvalue weighted by atomic mass is 9.93. The number of rotatable bonds is 7. The Bertz CT molecular complexity index is 1540. The molecule has 0 bridgehead atoms. The van der Waals surface area contributed by atoms with Crippen LogP contribution in [0.5, 0.6) is 5.75 Å². The fourth-order valence-corrected chi connectivity index (χ4v) is 5.19. The van der Waals surface area contributed by atoms with E-state index in [1.807, 2.05) is 42.5 Å². The van der Waals surface area contributed by atoms with Gasteiger partial charge in [0.15, 0.2) is 11.4 Å². The number of hydrogen-bond acceptors (Lipinski definition) is 7. The molecule has 1 atom stereocenters. The van der Waals surface area contributed by atoms with Crippen molar-refractivity contribution >= 4 is 23.4 Å². The van der Waals surface area contributed by atoms with E-state index >= 15 is 0 Å². The first-order valence-electron chi connectivity index (χ1n) is 11.7. The summed E-state index contributed by atoms with van der Waals surface area (Å²) in [6, 6.07) is 16.5.